The van der Waals surface area contributed by atoms with Crippen LogP contribution in [0.3, 0.4) is 0 Å². The molecule has 0 saturated carbocycles. The van der Waals surface area contributed by atoms with Crippen LogP contribution in [-0.2, 0) is 9.84 Å². The van der Waals surface area contributed by atoms with Crippen LogP contribution >= 0.6 is 0 Å². The van der Waals surface area contributed by atoms with Crippen molar-refractivity contribution in [2.75, 3.05) is 0 Å². The maximum Gasteiger partial charge on any atom is 0.199 e. The summed E-state index contributed by atoms with van der Waals surface area (Å²) in [6.07, 6.45) is 2.38. The number of benzene rings is 1. The Bertz CT molecular complexity index is 413. The lowest BCUT2D eigenvalue weighted by atomic mass is 10.2. The summed E-state index contributed by atoms with van der Waals surface area (Å²) in [7, 11) is -3.22. The molecule has 0 radical (unpaired) electrons. The zero-order valence-corrected chi connectivity index (χ0v) is 9.21. The molecule has 0 aromatic heterocycles. The predicted octanol–water partition coefficient (Wildman–Crippen LogP) is 2.69. The Hall–Kier alpha value is -1.09. The van der Waals surface area contributed by atoms with E-state index in [0.29, 0.717) is 4.90 Å². The molecule has 0 aliphatic carbocycles. The van der Waals surface area contributed by atoms with E-state index in [2.05, 4.69) is 0 Å². The molecule has 0 aliphatic rings. The molecule has 0 fully saturated rings. The fourth-order valence-electron chi connectivity index (χ4n) is 1.03. The van der Waals surface area contributed by atoms with Crippen molar-refractivity contribution in [3.8, 4) is 0 Å². The Kier molecular flexibility index (Phi) is 3.47. The summed E-state index contributed by atoms with van der Waals surface area (Å²) in [5, 5.41) is 1.26. The zero-order valence-electron chi connectivity index (χ0n) is 8.40. The first-order valence-corrected chi connectivity index (χ1v) is 6.09. The summed E-state index contributed by atoms with van der Waals surface area (Å²) in [5.41, 5.74) is 1.06. The second-order valence-corrected chi connectivity index (χ2v) is 4.97. The molecule has 1 rings (SSSR count). The molecule has 0 bridgehead atoms. The van der Waals surface area contributed by atoms with Gasteiger partial charge in [0.2, 0.25) is 0 Å². The first kappa shape index (κ1) is 11.0. The van der Waals surface area contributed by atoms with Crippen LogP contribution in [0.4, 0.5) is 0 Å². The molecule has 1 aromatic rings. The maximum absolute atomic E-state index is 11.6. The molecule has 0 N–H and O–H groups in total. The molecule has 2 nitrogen and oxygen atoms in total. The molecule has 0 heterocycles. The van der Waals surface area contributed by atoms with Gasteiger partial charge in [-0.3, -0.25) is 0 Å². The minimum atomic E-state index is -3.22. The van der Waals surface area contributed by atoms with Gasteiger partial charge in [-0.05, 0) is 25.5 Å². The van der Waals surface area contributed by atoms with Crippen molar-refractivity contribution in [2.45, 2.75) is 25.2 Å². The van der Waals surface area contributed by atoms with Gasteiger partial charge in [-0.2, -0.15) is 0 Å². The predicted molar refractivity (Wildman–Crippen MR) is 57.8 cm³/mol. The van der Waals surface area contributed by atoms with Crippen LogP contribution in [0.25, 0.3) is 0 Å². The Morgan fingerprint density at radius 1 is 1.21 bits per heavy atom. The van der Waals surface area contributed by atoms with Crippen LogP contribution in [0, 0.1) is 6.92 Å². The standard InChI is InChI=1S/C11H14O2S/c1-3-4-9-14(12,13)11-7-5-10(2)6-8-11/h4-9H,3H2,1-2H3. The molecule has 0 amide bonds. The first-order chi connectivity index (χ1) is 6.56. The Morgan fingerprint density at radius 3 is 2.29 bits per heavy atom. The largest absolute Gasteiger partial charge is 0.219 e. The van der Waals surface area contributed by atoms with E-state index in [9.17, 15) is 8.42 Å². The summed E-state index contributed by atoms with van der Waals surface area (Å²) < 4.78 is 23.2. The summed E-state index contributed by atoms with van der Waals surface area (Å²) in [4.78, 5) is 0.354. The van der Waals surface area contributed by atoms with E-state index in [-0.39, 0.29) is 0 Å². The third-order valence-electron chi connectivity index (χ3n) is 1.86. The van der Waals surface area contributed by atoms with Crippen molar-refractivity contribution >= 4 is 9.84 Å². The van der Waals surface area contributed by atoms with E-state index >= 15 is 0 Å². The minimum Gasteiger partial charge on any atom is -0.219 e. The van der Waals surface area contributed by atoms with Gasteiger partial charge < -0.3 is 0 Å². The number of aryl methyl sites for hydroxylation is 1. The van der Waals surface area contributed by atoms with E-state index < -0.39 is 9.84 Å². The van der Waals surface area contributed by atoms with Crippen molar-refractivity contribution in [2.24, 2.45) is 0 Å². The minimum absolute atomic E-state index is 0.354. The first-order valence-electron chi connectivity index (χ1n) is 4.54. The van der Waals surface area contributed by atoms with E-state index in [1.54, 1.807) is 30.3 Å². The molecule has 0 atom stereocenters. The van der Waals surface area contributed by atoms with Gasteiger partial charge in [0.15, 0.2) is 9.84 Å². The smallest absolute Gasteiger partial charge is 0.199 e. The molecule has 3 heteroatoms. The topological polar surface area (TPSA) is 34.1 Å². The monoisotopic (exact) mass is 210 g/mol. The van der Waals surface area contributed by atoms with Gasteiger partial charge in [-0.15, -0.1) is 0 Å². The van der Waals surface area contributed by atoms with Crippen LogP contribution in [0.15, 0.2) is 40.6 Å². The van der Waals surface area contributed by atoms with Crippen molar-refractivity contribution in [3.05, 3.63) is 41.3 Å². The molecule has 0 spiro atoms. The molecule has 14 heavy (non-hydrogen) atoms. The summed E-state index contributed by atoms with van der Waals surface area (Å²) >= 11 is 0. The zero-order chi connectivity index (χ0) is 10.6. The fourth-order valence-corrected chi connectivity index (χ4v) is 2.15. The van der Waals surface area contributed by atoms with Gasteiger partial charge in [0.25, 0.3) is 0 Å². The quantitative estimate of drug-likeness (QED) is 0.768. The summed E-state index contributed by atoms with van der Waals surface area (Å²) in [6.45, 7) is 3.83. The average Bonchev–Trinajstić information content (AvgIpc) is 2.16. The number of rotatable bonds is 3. The highest BCUT2D eigenvalue weighted by molar-refractivity contribution is 7.94. The second-order valence-electron chi connectivity index (χ2n) is 3.14. The van der Waals surface area contributed by atoms with Gasteiger partial charge in [-0.1, -0.05) is 30.7 Å². The van der Waals surface area contributed by atoms with Crippen LogP contribution in [0.5, 0.6) is 0 Å². The Balaban J connectivity index is 3.05. The van der Waals surface area contributed by atoms with E-state index in [0.717, 1.165) is 12.0 Å². The number of allylic oxidation sites excluding steroid dienone is 1. The molecule has 1 aromatic carbocycles. The van der Waals surface area contributed by atoms with E-state index in [1.165, 1.54) is 5.41 Å². The normalized spacial score (nSPS) is 12.1. The van der Waals surface area contributed by atoms with Crippen LogP contribution in [0.1, 0.15) is 18.9 Å². The lowest BCUT2D eigenvalue weighted by molar-refractivity contribution is 0.604. The van der Waals surface area contributed by atoms with Crippen molar-refractivity contribution in [3.63, 3.8) is 0 Å². The molecule has 76 valence electrons. The van der Waals surface area contributed by atoms with E-state index in [1.807, 2.05) is 13.8 Å². The van der Waals surface area contributed by atoms with Gasteiger partial charge in [0.1, 0.15) is 0 Å². The lowest BCUT2D eigenvalue weighted by Crippen LogP contribution is -1.95. The third-order valence-corrected chi connectivity index (χ3v) is 3.34. The molecule has 0 saturated heterocycles. The maximum atomic E-state index is 11.6. The van der Waals surface area contributed by atoms with Crippen molar-refractivity contribution < 1.29 is 8.42 Å². The highest BCUT2D eigenvalue weighted by atomic mass is 32.2. The number of sulfone groups is 1. The highest BCUT2D eigenvalue weighted by Crippen LogP contribution is 2.13. The van der Waals surface area contributed by atoms with Crippen LogP contribution < -0.4 is 0 Å². The highest BCUT2D eigenvalue weighted by Gasteiger charge is 2.08. The van der Waals surface area contributed by atoms with Crippen LogP contribution in [-0.4, -0.2) is 8.42 Å². The van der Waals surface area contributed by atoms with Crippen molar-refractivity contribution in [1.82, 2.24) is 0 Å². The van der Waals surface area contributed by atoms with Gasteiger partial charge in [0.05, 0.1) is 4.90 Å². The Labute approximate surface area is 85.2 Å². The SMILES string of the molecule is CCC=CS(=O)(=O)c1ccc(C)cc1. The molecular formula is C11H14O2S. The fraction of sp³-hybridized carbons (Fsp3) is 0.273. The summed E-state index contributed by atoms with van der Waals surface area (Å²) in [6, 6.07) is 6.86. The third kappa shape index (κ3) is 2.70. The van der Waals surface area contributed by atoms with Gasteiger partial charge in [-0.25, -0.2) is 8.42 Å². The lowest BCUT2D eigenvalue weighted by Gasteiger charge is -1.98. The van der Waals surface area contributed by atoms with Crippen LogP contribution in [0.2, 0.25) is 0 Å². The number of hydrogen-bond donors (Lipinski definition) is 0. The number of hydrogen-bond acceptors (Lipinski definition) is 2. The van der Waals surface area contributed by atoms with Gasteiger partial charge in [0, 0.05) is 5.41 Å². The van der Waals surface area contributed by atoms with E-state index in [4.69, 9.17) is 0 Å². The second kappa shape index (κ2) is 4.42. The summed E-state index contributed by atoms with van der Waals surface area (Å²) in [5.74, 6) is 0. The molecule has 0 aliphatic heterocycles. The van der Waals surface area contributed by atoms with Gasteiger partial charge >= 0.3 is 0 Å². The molecule has 0 unspecified atom stereocenters. The molecular weight excluding hydrogens is 196 g/mol. The Morgan fingerprint density at radius 2 is 1.79 bits per heavy atom. The average molecular weight is 210 g/mol. The van der Waals surface area contributed by atoms with Crippen molar-refractivity contribution in [1.29, 1.82) is 0 Å².